The second-order valence-corrected chi connectivity index (χ2v) is 5.52. The van der Waals surface area contributed by atoms with Gasteiger partial charge in [0.05, 0.1) is 39.0 Å². The number of carbonyl (C=O) groups is 2. The summed E-state index contributed by atoms with van der Waals surface area (Å²) < 4.78 is 15.8. The third-order valence-electron chi connectivity index (χ3n) is 4.17. The summed E-state index contributed by atoms with van der Waals surface area (Å²) in [6, 6.07) is 6.19. The van der Waals surface area contributed by atoms with Gasteiger partial charge in [0.2, 0.25) is 5.78 Å². The molecule has 0 amide bonds. The van der Waals surface area contributed by atoms with E-state index in [1.807, 2.05) is 0 Å². The van der Waals surface area contributed by atoms with Gasteiger partial charge in [0.1, 0.15) is 17.2 Å². The molecule has 0 bridgehead atoms. The van der Waals surface area contributed by atoms with E-state index in [-0.39, 0.29) is 51.9 Å². The molecule has 0 heterocycles. The Hall–Kier alpha value is -3.51. The predicted molar refractivity (Wildman–Crippen MR) is 92.3 cm³/mol. The van der Waals surface area contributed by atoms with Crippen LogP contribution in [0.1, 0.15) is 37.4 Å². The van der Waals surface area contributed by atoms with Gasteiger partial charge in [-0.25, -0.2) is 0 Å². The van der Waals surface area contributed by atoms with Gasteiger partial charge < -0.3 is 14.2 Å². The van der Waals surface area contributed by atoms with Crippen LogP contribution in [0.4, 0.5) is 0 Å². The van der Waals surface area contributed by atoms with E-state index >= 15 is 0 Å². The molecule has 0 aromatic heterocycles. The van der Waals surface area contributed by atoms with Crippen molar-refractivity contribution in [1.82, 2.24) is 0 Å². The van der Waals surface area contributed by atoms with Crippen molar-refractivity contribution in [3.63, 3.8) is 0 Å². The summed E-state index contributed by atoms with van der Waals surface area (Å²) in [5.41, 5.74) is 9.81. The van der Waals surface area contributed by atoms with Gasteiger partial charge in [-0.1, -0.05) is 5.11 Å². The molecule has 1 aliphatic carbocycles. The fraction of sp³-hybridized carbons (Fsp3) is 0.222. The lowest BCUT2D eigenvalue weighted by molar-refractivity contribution is 0.0973. The number of hydrogen-bond donors (Lipinski definition) is 0. The van der Waals surface area contributed by atoms with Crippen LogP contribution >= 0.6 is 0 Å². The van der Waals surface area contributed by atoms with E-state index in [1.165, 1.54) is 27.4 Å². The highest BCUT2D eigenvalue weighted by Crippen LogP contribution is 2.40. The summed E-state index contributed by atoms with van der Waals surface area (Å²) in [6.45, 7) is 0.0376. The van der Waals surface area contributed by atoms with Gasteiger partial charge in [0, 0.05) is 22.1 Å². The van der Waals surface area contributed by atoms with Crippen molar-refractivity contribution in [2.75, 3.05) is 21.3 Å². The van der Waals surface area contributed by atoms with Crippen molar-refractivity contribution in [1.29, 1.82) is 0 Å². The van der Waals surface area contributed by atoms with E-state index in [9.17, 15) is 9.59 Å². The van der Waals surface area contributed by atoms with Crippen molar-refractivity contribution < 1.29 is 23.8 Å². The maximum atomic E-state index is 13.1. The Morgan fingerprint density at radius 3 is 2.08 bits per heavy atom. The maximum absolute atomic E-state index is 13.1. The number of methoxy groups -OCH3 is 3. The van der Waals surface area contributed by atoms with Crippen LogP contribution in [0.25, 0.3) is 10.4 Å². The fourth-order valence-electron chi connectivity index (χ4n) is 3.00. The topological polar surface area (TPSA) is 111 Å². The molecule has 0 unspecified atom stereocenters. The van der Waals surface area contributed by atoms with Crippen molar-refractivity contribution in [3.05, 3.63) is 62.5 Å². The summed E-state index contributed by atoms with van der Waals surface area (Å²) in [4.78, 5) is 28.9. The number of benzene rings is 2. The van der Waals surface area contributed by atoms with Crippen LogP contribution in [0.2, 0.25) is 0 Å². The number of ketones is 2. The molecule has 132 valence electrons. The molecule has 8 heteroatoms. The fourth-order valence-corrected chi connectivity index (χ4v) is 3.00. The number of ether oxygens (including phenoxy) is 3. The van der Waals surface area contributed by atoms with Crippen LogP contribution in [-0.4, -0.2) is 32.9 Å². The molecule has 3 rings (SSSR count). The largest absolute Gasteiger partial charge is 0.497 e. The molecule has 2 aromatic rings. The minimum atomic E-state index is -0.374. The zero-order chi connectivity index (χ0) is 18.8. The molecule has 0 aliphatic heterocycles. The molecule has 0 saturated carbocycles. The lowest BCUT2D eigenvalue weighted by Gasteiger charge is -2.22. The highest BCUT2D eigenvalue weighted by Gasteiger charge is 2.35. The van der Waals surface area contributed by atoms with Crippen LogP contribution in [0.3, 0.4) is 0 Å². The monoisotopic (exact) mass is 353 g/mol. The van der Waals surface area contributed by atoms with E-state index in [2.05, 4.69) is 10.0 Å². The third kappa shape index (κ3) is 2.62. The van der Waals surface area contributed by atoms with E-state index in [1.54, 1.807) is 18.2 Å². The first-order chi connectivity index (χ1) is 12.5. The smallest absolute Gasteiger partial charge is 0.201 e. The summed E-state index contributed by atoms with van der Waals surface area (Å²) in [7, 11) is 4.29. The molecular formula is C18H15N3O5. The second-order valence-electron chi connectivity index (χ2n) is 5.52. The molecule has 26 heavy (non-hydrogen) atoms. The van der Waals surface area contributed by atoms with Crippen LogP contribution in [-0.2, 0) is 6.54 Å². The van der Waals surface area contributed by atoms with Crippen LogP contribution in [0.5, 0.6) is 17.2 Å². The van der Waals surface area contributed by atoms with Crippen molar-refractivity contribution in [3.8, 4) is 17.2 Å². The van der Waals surface area contributed by atoms with Gasteiger partial charge in [0.15, 0.2) is 5.78 Å². The summed E-state index contributed by atoms with van der Waals surface area (Å²) in [5, 5.41) is 3.50. The lowest BCUT2D eigenvalue weighted by atomic mass is 9.82. The number of hydrogen-bond acceptors (Lipinski definition) is 6. The summed E-state index contributed by atoms with van der Waals surface area (Å²) in [6.07, 6.45) is 0. The Morgan fingerprint density at radius 2 is 1.50 bits per heavy atom. The van der Waals surface area contributed by atoms with E-state index < -0.39 is 0 Å². The highest BCUT2D eigenvalue weighted by atomic mass is 16.5. The van der Waals surface area contributed by atoms with Gasteiger partial charge in [-0.05, 0) is 29.3 Å². The predicted octanol–water partition coefficient (Wildman–Crippen LogP) is 3.30. The average Bonchev–Trinajstić information content (AvgIpc) is 2.68. The molecule has 0 fully saturated rings. The number of nitrogens with zero attached hydrogens (tertiary/aromatic N) is 3. The molecule has 0 atom stereocenters. The molecule has 0 radical (unpaired) electrons. The second kappa shape index (κ2) is 6.78. The van der Waals surface area contributed by atoms with Crippen molar-refractivity contribution in [2.45, 2.75) is 6.54 Å². The van der Waals surface area contributed by atoms with Gasteiger partial charge in [0.25, 0.3) is 0 Å². The Kier molecular flexibility index (Phi) is 4.51. The van der Waals surface area contributed by atoms with Gasteiger partial charge in [-0.3, -0.25) is 9.59 Å². The maximum Gasteiger partial charge on any atom is 0.201 e. The molecular weight excluding hydrogens is 338 g/mol. The Labute approximate surface area is 148 Å². The van der Waals surface area contributed by atoms with Gasteiger partial charge >= 0.3 is 0 Å². The van der Waals surface area contributed by atoms with Crippen LogP contribution in [0, 0.1) is 0 Å². The zero-order valence-electron chi connectivity index (χ0n) is 14.4. The Balaban J connectivity index is 2.28. The lowest BCUT2D eigenvalue weighted by Crippen LogP contribution is -2.23. The van der Waals surface area contributed by atoms with Crippen LogP contribution < -0.4 is 14.2 Å². The Morgan fingerprint density at radius 1 is 0.885 bits per heavy atom. The summed E-state index contributed by atoms with van der Waals surface area (Å²) >= 11 is 0. The normalized spacial score (nSPS) is 12.0. The standard InChI is InChI=1S/C18H15N3O5/c1-24-10-6-12-16(14(7-10)26-3)18(23)15-11(17(12)22)4-9(8-20-21-19)5-13(15)25-2/h4-7H,8H2,1-3H3. The minimum Gasteiger partial charge on any atom is -0.497 e. The van der Waals surface area contributed by atoms with E-state index in [4.69, 9.17) is 19.7 Å². The zero-order valence-corrected chi connectivity index (χ0v) is 14.4. The first kappa shape index (κ1) is 17.3. The third-order valence-corrected chi connectivity index (χ3v) is 4.17. The molecule has 0 spiro atoms. The number of fused-ring (bicyclic) bond motifs is 2. The van der Waals surface area contributed by atoms with E-state index in [0.29, 0.717) is 11.3 Å². The molecule has 1 aliphatic rings. The molecule has 2 aromatic carbocycles. The highest BCUT2D eigenvalue weighted by molar-refractivity contribution is 6.30. The average molecular weight is 353 g/mol. The quantitative estimate of drug-likeness (QED) is 0.397. The summed E-state index contributed by atoms with van der Waals surface area (Å²) in [5.74, 6) is 0.174. The Bertz CT molecular complexity index is 977. The first-order valence-corrected chi connectivity index (χ1v) is 7.62. The molecule has 0 N–H and O–H groups in total. The van der Waals surface area contributed by atoms with Crippen LogP contribution in [0.15, 0.2) is 29.4 Å². The van der Waals surface area contributed by atoms with E-state index in [0.717, 1.165) is 0 Å². The SMILES string of the molecule is COc1cc(OC)c2c(c1)C(=O)c1cc(CN=[N+]=[N-])cc(OC)c1C2=O. The van der Waals surface area contributed by atoms with Crippen molar-refractivity contribution >= 4 is 11.6 Å². The number of azide groups is 1. The first-order valence-electron chi connectivity index (χ1n) is 7.62. The molecule has 0 saturated heterocycles. The molecule has 8 nitrogen and oxygen atoms in total. The van der Waals surface area contributed by atoms with Crippen molar-refractivity contribution in [2.24, 2.45) is 5.11 Å². The number of carbonyl (C=O) groups excluding carboxylic acids is 2. The van der Waals surface area contributed by atoms with Gasteiger partial charge in [-0.2, -0.15) is 0 Å². The van der Waals surface area contributed by atoms with Gasteiger partial charge in [-0.15, -0.1) is 0 Å². The number of rotatable bonds is 5. The minimum absolute atomic E-state index is 0.0376.